The first kappa shape index (κ1) is 17.5. The first-order chi connectivity index (χ1) is 12.0. The molecule has 7 nitrogen and oxygen atoms in total. The Kier molecular flexibility index (Phi) is 4.85. The predicted octanol–water partition coefficient (Wildman–Crippen LogP) is 1.49. The van der Waals surface area contributed by atoms with Gasteiger partial charge in [-0.25, -0.2) is 17.8 Å². The van der Waals surface area contributed by atoms with Gasteiger partial charge in [0.2, 0.25) is 10.0 Å². The van der Waals surface area contributed by atoms with Crippen molar-refractivity contribution < 1.29 is 12.8 Å². The Labute approximate surface area is 145 Å². The van der Waals surface area contributed by atoms with E-state index in [9.17, 15) is 12.8 Å². The average molecular weight is 363 g/mol. The second-order valence-corrected chi connectivity index (χ2v) is 7.61. The molecule has 1 aromatic carbocycles. The summed E-state index contributed by atoms with van der Waals surface area (Å²) < 4.78 is 41.1. The van der Waals surface area contributed by atoms with Gasteiger partial charge in [0, 0.05) is 32.0 Å². The number of piperazine rings is 1. The Hall–Kier alpha value is -2.28. The molecule has 1 aliphatic heterocycles. The van der Waals surface area contributed by atoms with Crippen LogP contribution in [0.3, 0.4) is 0 Å². The molecule has 0 spiro atoms. The van der Waals surface area contributed by atoms with Crippen LogP contribution in [0.2, 0.25) is 0 Å². The summed E-state index contributed by atoms with van der Waals surface area (Å²) >= 11 is 0. The van der Waals surface area contributed by atoms with Gasteiger partial charge in [0.25, 0.3) is 0 Å². The van der Waals surface area contributed by atoms with Crippen molar-refractivity contribution in [3.63, 3.8) is 0 Å². The molecule has 1 atom stereocenters. The van der Waals surface area contributed by atoms with E-state index in [1.165, 1.54) is 16.4 Å². The van der Waals surface area contributed by atoms with Gasteiger partial charge in [0.1, 0.15) is 28.2 Å². The second-order valence-electron chi connectivity index (χ2n) is 5.71. The Morgan fingerprint density at radius 1 is 1.44 bits per heavy atom. The molecular formula is C16H18FN5O2S. The number of H-pyrrole nitrogens is 1. The highest BCUT2D eigenvalue weighted by molar-refractivity contribution is 7.89. The van der Waals surface area contributed by atoms with Crippen LogP contribution in [0.15, 0.2) is 35.5 Å². The van der Waals surface area contributed by atoms with E-state index in [4.69, 9.17) is 5.26 Å². The van der Waals surface area contributed by atoms with Crippen molar-refractivity contribution in [2.24, 2.45) is 0 Å². The first-order valence-electron chi connectivity index (χ1n) is 7.91. The summed E-state index contributed by atoms with van der Waals surface area (Å²) in [7, 11) is -3.98. The van der Waals surface area contributed by atoms with Gasteiger partial charge in [-0.05, 0) is 18.7 Å². The number of benzene rings is 1. The molecule has 2 aromatic rings. The second kappa shape index (κ2) is 6.92. The van der Waals surface area contributed by atoms with Crippen LogP contribution in [0.5, 0.6) is 0 Å². The van der Waals surface area contributed by atoms with Gasteiger partial charge in [0.15, 0.2) is 0 Å². The van der Waals surface area contributed by atoms with E-state index in [1.54, 1.807) is 18.5 Å². The lowest BCUT2D eigenvalue weighted by atomic mass is 10.2. The maximum atomic E-state index is 13.8. The fourth-order valence-electron chi connectivity index (χ4n) is 3.08. The van der Waals surface area contributed by atoms with E-state index in [-0.39, 0.29) is 24.0 Å². The molecule has 0 amide bonds. The molecule has 132 valence electrons. The van der Waals surface area contributed by atoms with E-state index >= 15 is 0 Å². The van der Waals surface area contributed by atoms with Gasteiger partial charge in [-0.3, -0.25) is 4.90 Å². The van der Waals surface area contributed by atoms with E-state index in [1.807, 2.05) is 6.92 Å². The number of nitrogens with one attached hydrogen (secondary N) is 1. The largest absolute Gasteiger partial charge is 0.347 e. The fourth-order valence-corrected chi connectivity index (χ4v) is 4.67. The number of halogens is 1. The van der Waals surface area contributed by atoms with Crippen molar-refractivity contribution in [2.75, 3.05) is 26.2 Å². The van der Waals surface area contributed by atoms with Crippen molar-refractivity contribution in [1.82, 2.24) is 19.2 Å². The van der Waals surface area contributed by atoms with E-state index < -0.39 is 21.4 Å². The summed E-state index contributed by atoms with van der Waals surface area (Å²) in [6.07, 6.45) is 3.31. The van der Waals surface area contributed by atoms with Crippen LogP contribution in [0, 0.1) is 17.1 Å². The standard InChI is InChI=1S/C16H18FN5O2S/c1-2-21-8-9-22(11-14(21)16-19-6-7-20-16)25(23,24)15-5-3-4-13(17)12(15)10-18/h3-7,14H,2,8-9,11H2,1H3,(H,19,20)/t14-/m1/s1. The van der Waals surface area contributed by atoms with Crippen molar-refractivity contribution in [3.8, 4) is 6.07 Å². The molecule has 1 saturated heterocycles. The van der Waals surface area contributed by atoms with Gasteiger partial charge < -0.3 is 4.98 Å². The SMILES string of the molecule is CCN1CCN(S(=O)(=O)c2cccc(F)c2C#N)C[C@@H]1c1ncc[nH]1. The lowest BCUT2D eigenvalue weighted by Gasteiger charge is -2.39. The molecule has 1 fully saturated rings. The fraction of sp³-hybridized carbons (Fsp3) is 0.375. The Morgan fingerprint density at radius 3 is 2.88 bits per heavy atom. The molecule has 0 radical (unpaired) electrons. The van der Waals surface area contributed by atoms with Crippen molar-refractivity contribution >= 4 is 10.0 Å². The van der Waals surface area contributed by atoms with Crippen LogP contribution in [-0.2, 0) is 10.0 Å². The number of sulfonamides is 1. The number of nitrogens with zero attached hydrogens (tertiary/aromatic N) is 4. The van der Waals surface area contributed by atoms with Crippen molar-refractivity contribution in [2.45, 2.75) is 17.9 Å². The third-order valence-corrected chi connectivity index (χ3v) is 6.31. The van der Waals surface area contributed by atoms with Gasteiger partial charge in [0.05, 0.1) is 6.04 Å². The molecule has 0 bridgehead atoms. The minimum absolute atomic E-state index is 0.186. The molecule has 0 unspecified atom stereocenters. The predicted molar refractivity (Wildman–Crippen MR) is 88.4 cm³/mol. The first-order valence-corrected chi connectivity index (χ1v) is 9.35. The molecule has 1 aliphatic rings. The monoisotopic (exact) mass is 363 g/mol. The smallest absolute Gasteiger partial charge is 0.244 e. The summed E-state index contributed by atoms with van der Waals surface area (Å²) in [5, 5.41) is 9.15. The van der Waals surface area contributed by atoms with Crippen molar-refractivity contribution in [1.29, 1.82) is 5.26 Å². The summed E-state index contributed by atoms with van der Waals surface area (Å²) in [5.74, 6) is -0.153. The zero-order valence-electron chi connectivity index (χ0n) is 13.7. The lowest BCUT2D eigenvalue weighted by Crippen LogP contribution is -2.50. The highest BCUT2D eigenvalue weighted by Gasteiger charge is 2.36. The third kappa shape index (κ3) is 3.16. The van der Waals surface area contributed by atoms with E-state index in [0.717, 1.165) is 12.6 Å². The number of hydrogen-bond acceptors (Lipinski definition) is 5. The number of imidazole rings is 1. The van der Waals surface area contributed by atoms with Crippen LogP contribution in [-0.4, -0.2) is 53.8 Å². The Balaban J connectivity index is 1.96. The lowest BCUT2D eigenvalue weighted by molar-refractivity contribution is 0.119. The summed E-state index contributed by atoms with van der Waals surface area (Å²) in [5.41, 5.74) is -0.449. The zero-order valence-corrected chi connectivity index (χ0v) is 14.5. The van der Waals surface area contributed by atoms with Crippen LogP contribution < -0.4 is 0 Å². The van der Waals surface area contributed by atoms with Crippen LogP contribution >= 0.6 is 0 Å². The highest BCUT2D eigenvalue weighted by atomic mass is 32.2. The van der Waals surface area contributed by atoms with Gasteiger partial charge in [-0.2, -0.15) is 9.57 Å². The Bertz CT molecular complexity index is 892. The summed E-state index contributed by atoms with van der Waals surface area (Å²) in [4.78, 5) is 9.11. The highest BCUT2D eigenvalue weighted by Crippen LogP contribution is 2.28. The number of likely N-dealkylation sites (N-methyl/N-ethyl adjacent to an activating group) is 1. The maximum absolute atomic E-state index is 13.8. The van der Waals surface area contributed by atoms with E-state index in [0.29, 0.717) is 12.4 Å². The minimum atomic E-state index is -3.98. The normalized spacial score (nSPS) is 19.6. The van der Waals surface area contributed by atoms with Crippen LogP contribution in [0.1, 0.15) is 24.4 Å². The number of nitriles is 1. The molecule has 1 aromatic heterocycles. The van der Waals surface area contributed by atoms with Gasteiger partial charge in [-0.15, -0.1) is 0 Å². The van der Waals surface area contributed by atoms with E-state index in [2.05, 4.69) is 14.9 Å². The maximum Gasteiger partial charge on any atom is 0.244 e. The molecule has 0 saturated carbocycles. The zero-order chi connectivity index (χ0) is 18.0. The van der Waals surface area contributed by atoms with Gasteiger partial charge in [-0.1, -0.05) is 13.0 Å². The topological polar surface area (TPSA) is 93.1 Å². The number of aromatic nitrogens is 2. The quantitative estimate of drug-likeness (QED) is 0.888. The number of rotatable bonds is 4. The molecule has 1 N–H and O–H groups in total. The Morgan fingerprint density at radius 2 is 2.24 bits per heavy atom. The molecule has 2 heterocycles. The summed E-state index contributed by atoms with van der Waals surface area (Å²) in [6, 6.07) is 5.09. The number of aromatic amines is 1. The summed E-state index contributed by atoms with van der Waals surface area (Å²) in [6.45, 7) is 3.74. The van der Waals surface area contributed by atoms with Gasteiger partial charge >= 0.3 is 0 Å². The minimum Gasteiger partial charge on any atom is -0.347 e. The number of hydrogen-bond donors (Lipinski definition) is 1. The molecule has 3 rings (SSSR count). The average Bonchev–Trinajstić information content (AvgIpc) is 3.15. The molecule has 25 heavy (non-hydrogen) atoms. The third-order valence-electron chi connectivity index (χ3n) is 4.40. The van der Waals surface area contributed by atoms with Crippen LogP contribution in [0.4, 0.5) is 4.39 Å². The molecular weight excluding hydrogens is 345 g/mol. The molecule has 9 heteroatoms. The molecule has 0 aliphatic carbocycles. The van der Waals surface area contributed by atoms with Crippen LogP contribution in [0.25, 0.3) is 0 Å². The van der Waals surface area contributed by atoms with Crippen molar-refractivity contribution in [3.05, 3.63) is 47.8 Å².